The number of hydrogen-bond acceptors (Lipinski definition) is 8. The molecule has 4 fully saturated rings. The molecule has 8 heteroatoms. The Bertz CT molecular complexity index is 1030. The highest BCUT2D eigenvalue weighted by atomic mass is 16.7. The molecular weight excluding hydrogens is 388 g/mol. The number of ketones is 1. The summed E-state index contributed by atoms with van der Waals surface area (Å²) in [5.41, 5.74) is -0.703. The van der Waals surface area contributed by atoms with Crippen molar-refractivity contribution in [2.45, 2.75) is 48.8 Å². The molecule has 6 atom stereocenters. The second-order valence-electron chi connectivity index (χ2n) is 9.74. The molecule has 2 saturated carbocycles. The third kappa shape index (κ3) is 1.51. The van der Waals surface area contributed by atoms with Crippen molar-refractivity contribution in [2.24, 2.45) is 11.3 Å². The molecule has 0 aromatic heterocycles. The second kappa shape index (κ2) is 5.11. The Hall–Kier alpha value is -2.32. The first-order valence-corrected chi connectivity index (χ1v) is 10.7. The number of hydrogen-bond donors (Lipinski definition) is 2. The molecule has 30 heavy (non-hydrogen) atoms. The van der Waals surface area contributed by atoms with E-state index in [1.807, 2.05) is 12.1 Å². The van der Waals surface area contributed by atoms with Crippen LogP contribution in [0.25, 0.3) is 0 Å². The van der Waals surface area contributed by atoms with E-state index in [9.17, 15) is 14.7 Å². The van der Waals surface area contributed by atoms with Crippen molar-refractivity contribution in [3.8, 4) is 11.5 Å². The topological polar surface area (TPSA) is 97.3 Å². The average molecular weight is 412 g/mol. The van der Waals surface area contributed by atoms with Gasteiger partial charge in [0.05, 0.1) is 24.3 Å². The number of nitrogens with one attached hydrogen (secondary N) is 1. The van der Waals surface area contributed by atoms with Crippen LogP contribution < -0.4 is 14.8 Å². The summed E-state index contributed by atoms with van der Waals surface area (Å²) in [6.07, 6.45) is 1.62. The summed E-state index contributed by atoms with van der Waals surface area (Å²) in [6, 6.07) is 3.78. The lowest BCUT2D eigenvalue weighted by atomic mass is 9.41. The van der Waals surface area contributed by atoms with Crippen LogP contribution in [-0.4, -0.2) is 66.4 Å². The van der Waals surface area contributed by atoms with E-state index in [1.54, 1.807) is 0 Å². The minimum Gasteiger partial charge on any atom is -0.467 e. The van der Waals surface area contributed by atoms with Gasteiger partial charge in [-0.3, -0.25) is 9.69 Å². The van der Waals surface area contributed by atoms with E-state index in [1.165, 1.54) is 7.11 Å². The van der Waals surface area contributed by atoms with Crippen LogP contribution in [0.4, 0.5) is 5.69 Å². The summed E-state index contributed by atoms with van der Waals surface area (Å²) in [5, 5.41) is 14.7. The van der Waals surface area contributed by atoms with Crippen LogP contribution in [0.1, 0.15) is 31.2 Å². The molecule has 2 aliphatic carbocycles. The Morgan fingerprint density at radius 3 is 3.03 bits per heavy atom. The Kier molecular flexibility index (Phi) is 2.96. The molecule has 4 heterocycles. The SMILES string of the molecule is COC(=O)C12CCC34CC(=O)C5CN(CCC3O)C4C51c1ccc3c(c1N2)OCO3. The Morgan fingerprint density at radius 2 is 2.20 bits per heavy atom. The summed E-state index contributed by atoms with van der Waals surface area (Å²) in [7, 11) is 1.41. The Balaban J connectivity index is 1.58. The van der Waals surface area contributed by atoms with Gasteiger partial charge in [-0.1, -0.05) is 6.07 Å². The van der Waals surface area contributed by atoms with Crippen LogP contribution >= 0.6 is 0 Å². The van der Waals surface area contributed by atoms with E-state index in [0.717, 1.165) is 17.8 Å². The number of esters is 1. The van der Waals surface area contributed by atoms with Gasteiger partial charge in [-0.25, -0.2) is 4.79 Å². The highest BCUT2D eigenvalue weighted by Gasteiger charge is 2.83. The van der Waals surface area contributed by atoms with E-state index in [2.05, 4.69) is 10.2 Å². The van der Waals surface area contributed by atoms with Crippen LogP contribution in [-0.2, 0) is 19.7 Å². The monoisotopic (exact) mass is 412 g/mol. The number of carbonyl (C=O) groups excluding carboxylic acids is 2. The predicted molar refractivity (Wildman–Crippen MR) is 103 cm³/mol. The van der Waals surface area contributed by atoms with Crippen molar-refractivity contribution in [1.82, 2.24) is 4.90 Å². The first-order valence-electron chi connectivity index (χ1n) is 10.7. The third-order valence-electron chi connectivity index (χ3n) is 9.08. The van der Waals surface area contributed by atoms with Crippen LogP contribution in [0, 0.1) is 11.3 Å². The number of aliphatic hydroxyl groups is 1. The Labute approximate surface area is 173 Å². The van der Waals surface area contributed by atoms with Gasteiger partial charge in [-0.2, -0.15) is 0 Å². The standard InChI is InChI=1S/C22H24N2O6/c1-28-19(27)21-6-5-20-8-13(25)12-9-24(7-4-15(20)26)18(20)22(12,21)11-2-3-14-17(16(11)23-21)30-10-29-14/h2-3,12,15,18,23,26H,4-10H2,1H3. The zero-order valence-electron chi connectivity index (χ0n) is 16.8. The van der Waals surface area contributed by atoms with Crippen LogP contribution in [0.15, 0.2) is 12.1 Å². The first kappa shape index (κ1) is 17.4. The van der Waals surface area contributed by atoms with Gasteiger partial charge in [0.1, 0.15) is 11.3 Å². The molecule has 0 radical (unpaired) electrons. The number of rotatable bonds is 1. The maximum absolute atomic E-state index is 13.6. The van der Waals surface area contributed by atoms with Crippen LogP contribution in [0.3, 0.4) is 0 Å². The summed E-state index contributed by atoms with van der Waals surface area (Å²) in [4.78, 5) is 29.5. The normalized spacial score (nSPS) is 44.3. The van der Waals surface area contributed by atoms with Gasteiger partial charge >= 0.3 is 5.97 Å². The van der Waals surface area contributed by atoms with Gasteiger partial charge in [0, 0.05) is 36.9 Å². The maximum atomic E-state index is 13.6. The van der Waals surface area contributed by atoms with E-state index in [-0.39, 0.29) is 30.5 Å². The van der Waals surface area contributed by atoms with Crippen molar-refractivity contribution in [1.29, 1.82) is 0 Å². The fraction of sp³-hybridized carbons (Fsp3) is 0.636. The molecule has 7 rings (SSSR count). The molecule has 1 spiro atoms. The van der Waals surface area contributed by atoms with E-state index in [4.69, 9.17) is 14.2 Å². The maximum Gasteiger partial charge on any atom is 0.332 e. The van der Waals surface area contributed by atoms with E-state index >= 15 is 0 Å². The fourth-order valence-corrected chi connectivity index (χ4v) is 8.21. The molecule has 2 saturated heterocycles. The van der Waals surface area contributed by atoms with Gasteiger partial charge in [-0.15, -0.1) is 0 Å². The van der Waals surface area contributed by atoms with E-state index < -0.39 is 22.5 Å². The smallest absolute Gasteiger partial charge is 0.332 e. The predicted octanol–water partition coefficient (Wildman–Crippen LogP) is 0.808. The number of benzene rings is 1. The average Bonchev–Trinajstić information content (AvgIpc) is 3.41. The third-order valence-corrected chi connectivity index (χ3v) is 9.08. The highest BCUT2D eigenvalue weighted by Crippen LogP contribution is 2.73. The minimum absolute atomic E-state index is 0.0987. The van der Waals surface area contributed by atoms with Crippen molar-refractivity contribution >= 4 is 17.4 Å². The first-order chi connectivity index (χ1) is 14.5. The Morgan fingerprint density at radius 1 is 1.33 bits per heavy atom. The molecule has 1 aromatic rings. The van der Waals surface area contributed by atoms with Crippen molar-refractivity contribution < 1.29 is 28.9 Å². The fourth-order valence-electron chi connectivity index (χ4n) is 8.21. The quantitative estimate of drug-likeness (QED) is 0.654. The minimum atomic E-state index is -1.06. The number of Topliss-reactive ketones (excluding diaryl/α,β-unsaturated/α-hetero) is 1. The van der Waals surface area contributed by atoms with Gasteiger partial charge in [0.25, 0.3) is 0 Å². The lowest BCUT2D eigenvalue weighted by Gasteiger charge is -2.65. The van der Waals surface area contributed by atoms with Gasteiger partial charge < -0.3 is 24.6 Å². The number of carbonyl (C=O) groups is 2. The van der Waals surface area contributed by atoms with Crippen molar-refractivity contribution in [3.05, 3.63) is 17.7 Å². The lowest BCUT2D eigenvalue weighted by molar-refractivity contribution is -0.178. The summed E-state index contributed by atoms with van der Waals surface area (Å²) < 4.78 is 16.7. The molecule has 4 aliphatic heterocycles. The number of nitrogens with zero attached hydrogens (tertiary/aromatic N) is 1. The molecular formula is C22H24N2O6. The summed E-state index contributed by atoms with van der Waals surface area (Å²) >= 11 is 0. The zero-order chi connectivity index (χ0) is 20.5. The van der Waals surface area contributed by atoms with Crippen LogP contribution in [0.2, 0.25) is 0 Å². The molecule has 8 nitrogen and oxygen atoms in total. The molecule has 0 amide bonds. The van der Waals surface area contributed by atoms with Crippen molar-refractivity contribution in [2.75, 3.05) is 32.3 Å². The largest absolute Gasteiger partial charge is 0.467 e. The van der Waals surface area contributed by atoms with Crippen LogP contribution in [0.5, 0.6) is 11.5 Å². The summed E-state index contributed by atoms with van der Waals surface area (Å²) in [5.74, 6) is 0.721. The highest BCUT2D eigenvalue weighted by molar-refractivity contribution is 5.99. The molecule has 6 unspecified atom stereocenters. The van der Waals surface area contributed by atoms with Gasteiger partial charge in [-0.05, 0) is 30.9 Å². The molecule has 4 bridgehead atoms. The molecule has 2 N–H and O–H groups in total. The number of piperidine rings is 1. The molecule has 1 aromatic carbocycles. The molecule has 6 aliphatic rings. The molecule has 158 valence electrons. The lowest BCUT2D eigenvalue weighted by Crippen LogP contribution is -2.78. The number of aliphatic hydroxyl groups excluding tert-OH is 1. The number of ether oxygens (including phenoxy) is 3. The van der Waals surface area contributed by atoms with Crippen molar-refractivity contribution in [3.63, 3.8) is 0 Å². The van der Waals surface area contributed by atoms with Gasteiger partial charge in [0.2, 0.25) is 6.79 Å². The number of methoxy groups -OCH3 is 1. The summed E-state index contributed by atoms with van der Waals surface area (Å²) in [6.45, 7) is 1.48. The number of fused-ring (bicyclic) bond motifs is 3. The zero-order valence-corrected chi connectivity index (χ0v) is 16.8. The number of anilines is 1. The van der Waals surface area contributed by atoms with E-state index in [0.29, 0.717) is 43.7 Å². The second-order valence-corrected chi connectivity index (χ2v) is 9.74. The van der Waals surface area contributed by atoms with Gasteiger partial charge in [0.15, 0.2) is 11.5 Å².